The molecule has 28 heavy (non-hydrogen) atoms. The molecule has 1 aliphatic carbocycles. The highest BCUT2D eigenvalue weighted by Gasteiger charge is 2.27. The van der Waals surface area contributed by atoms with Gasteiger partial charge in [0.2, 0.25) is 0 Å². The van der Waals surface area contributed by atoms with Gasteiger partial charge in [-0.1, -0.05) is 12.1 Å². The highest BCUT2D eigenvalue weighted by Crippen LogP contribution is 2.42. The fourth-order valence-corrected chi connectivity index (χ4v) is 3.51. The first-order valence-corrected chi connectivity index (χ1v) is 9.85. The minimum Gasteiger partial charge on any atom is -0.457 e. The highest BCUT2D eigenvalue weighted by atomic mass is 19.1. The summed E-state index contributed by atoms with van der Waals surface area (Å²) in [5, 5.41) is 0. The fraction of sp³-hybridized carbons (Fsp3) is 0.435. The van der Waals surface area contributed by atoms with Gasteiger partial charge < -0.3 is 14.4 Å². The first-order chi connectivity index (χ1) is 13.3. The third kappa shape index (κ3) is 4.29. The molecule has 1 saturated carbocycles. The van der Waals surface area contributed by atoms with E-state index in [-0.39, 0.29) is 11.9 Å². The summed E-state index contributed by atoms with van der Waals surface area (Å²) in [6, 6.07) is 11.0. The third-order valence-electron chi connectivity index (χ3n) is 5.07. The van der Waals surface area contributed by atoms with Crippen LogP contribution in [0.25, 0.3) is 0 Å². The molecule has 0 atom stereocenters. The van der Waals surface area contributed by atoms with Crippen molar-refractivity contribution >= 4 is 6.09 Å². The Hall–Kier alpha value is -2.56. The van der Waals surface area contributed by atoms with E-state index in [1.807, 2.05) is 51.1 Å². The van der Waals surface area contributed by atoms with Gasteiger partial charge in [-0.25, -0.2) is 9.18 Å². The number of nitrogens with zero attached hydrogens (tertiary/aromatic N) is 1. The summed E-state index contributed by atoms with van der Waals surface area (Å²) in [5.41, 5.74) is 2.50. The average Bonchev–Trinajstić information content (AvgIpc) is 3.45. The smallest absolute Gasteiger partial charge is 0.410 e. The van der Waals surface area contributed by atoms with E-state index in [9.17, 15) is 9.18 Å². The van der Waals surface area contributed by atoms with E-state index in [1.165, 1.54) is 11.6 Å². The lowest BCUT2D eigenvalue weighted by molar-refractivity contribution is 0.0224. The SMILES string of the molecule is CC(C)(C)OC(=O)N1CCc2ccc(Oc3ccc(C4CC4)c(F)c3)cc2C1. The van der Waals surface area contributed by atoms with Crippen molar-refractivity contribution in [1.82, 2.24) is 4.90 Å². The molecule has 1 amide bonds. The van der Waals surface area contributed by atoms with E-state index in [0.29, 0.717) is 30.5 Å². The van der Waals surface area contributed by atoms with Gasteiger partial charge in [-0.05, 0) is 80.8 Å². The van der Waals surface area contributed by atoms with Crippen LogP contribution in [0.1, 0.15) is 56.2 Å². The van der Waals surface area contributed by atoms with Crippen molar-refractivity contribution in [2.75, 3.05) is 6.54 Å². The Balaban J connectivity index is 1.47. The molecule has 0 saturated heterocycles. The molecule has 148 valence electrons. The molecule has 5 heteroatoms. The second kappa shape index (κ2) is 7.12. The maximum atomic E-state index is 14.3. The zero-order valence-electron chi connectivity index (χ0n) is 16.6. The molecule has 1 aliphatic heterocycles. The molecule has 0 N–H and O–H groups in total. The normalized spacial score (nSPS) is 16.5. The van der Waals surface area contributed by atoms with E-state index >= 15 is 0 Å². The van der Waals surface area contributed by atoms with Crippen LogP contribution < -0.4 is 4.74 Å². The Morgan fingerprint density at radius 1 is 1.07 bits per heavy atom. The number of amides is 1. The second-order valence-corrected chi connectivity index (χ2v) is 8.64. The number of hydrogen-bond donors (Lipinski definition) is 0. The van der Waals surface area contributed by atoms with Crippen LogP contribution in [-0.4, -0.2) is 23.1 Å². The van der Waals surface area contributed by atoms with Crippen molar-refractivity contribution < 1.29 is 18.7 Å². The Labute approximate surface area is 165 Å². The predicted octanol–water partition coefficient (Wildman–Crippen LogP) is 5.79. The molecule has 0 spiro atoms. The lowest BCUT2D eigenvalue weighted by Gasteiger charge is -2.31. The van der Waals surface area contributed by atoms with E-state index < -0.39 is 5.60 Å². The van der Waals surface area contributed by atoms with Gasteiger partial charge in [0.1, 0.15) is 22.9 Å². The van der Waals surface area contributed by atoms with Gasteiger partial charge in [0.25, 0.3) is 0 Å². The van der Waals surface area contributed by atoms with Crippen LogP contribution in [-0.2, 0) is 17.7 Å². The Bertz CT molecular complexity index is 899. The molecular weight excluding hydrogens is 357 g/mol. The van der Waals surface area contributed by atoms with Crippen LogP contribution in [0.5, 0.6) is 11.5 Å². The Morgan fingerprint density at radius 3 is 2.46 bits per heavy atom. The maximum Gasteiger partial charge on any atom is 0.410 e. The third-order valence-corrected chi connectivity index (χ3v) is 5.07. The number of rotatable bonds is 3. The first-order valence-electron chi connectivity index (χ1n) is 9.85. The van der Waals surface area contributed by atoms with Gasteiger partial charge in [-0.3, -0.25) is 0 Å². The molecule has 1 fully saturated rings. The topological polar surface area (TPSA) is 38.8 Å². The van der Waals surface area contributed by atoms with Gasteiger partial charge in [0.15, 0.2) is 0 Å². The van der Waals surface area contributed by atoms with Crippen LogP contribution in [0.15, 0.2) is 36.4 Å². The zero-order chi connectivity index (χ0) is 19.9. The number of hydrogen-bond acceptors (Lipinski definition) is 3. The number of halogens is 1. The molecule has 1 heterocycles. The summed E-state index contributed by atoms with van der Waals surface area (Å²) in [4.78, 5) is 14.1. The molecular formula is C23H26FNO3. The quantitative estimate of drug-likeness (QED) is 0.673. The van der Waals surface area contributed by atoms with Crippen LogP contribution in [0.3, 0.4) is 0 Å². The van der Waals surface area contributed by atoms with Crippen molar-refractivity contribution in [3.05, 3.63) is 58.9 Å². The highest BCUT2D eigenvalue weighted by molar-refractivity contribution is 5.68. The monoisotopic (exact) mass is 383 g/mol. The number of ether oxygens (including phenoxy) is 2. The van der Waals surface area contributed by atoms with E-state index in [4.69, 9.17) is 9.47 Å². The zero-order valence-corrected chi connectivity index (χ0v) is 16.6. The second-order valence-electron chi connectivity index (χ2n) is 8.64. The summed E-state index contributed by atoms with van der Waals surface area (Å²) >= 11 is 0. The minimum absolute atomic E-state index is 0.200. The summed E-state index contributed by atoms with van der Waals surface area (Å²) in [6.45, 7) is 6.71. The summed E-state index contributed by atoms with van der Waals surface area (Å²) in [7, 11) is 0. The van der Waals surface area contributed by atoms with Crippen LogP contribution in [0.2, 0.25) is 0 Å². The number of benzene rings is 2. The Kier molecular flexibility index (Phi) is 4.77. The van der Waals surface area contributed by atoms with Gasteiger partial charge in [0.05, 0.1) is 0 Å². The standard InChI is InChI=1S/C23H26FNO3/c1-23(2,3)28-22(26)25-11-10-15-6-7-18(12-17(15)14-25)27-19-8-9-20(16-4-5-16)21(24)13-19/h6-9,12-13,16H,4-5,10-11,14H2,1-3H3. The van der Waals surface area contributed by atoms with Crippen molar-refractivity contribution in [2.45, 2.75) is 58.1 Å². The molecule has 4 rings (SSSR count). The molecule has 0 aromatic heterocycles. The van der Waals surface area contributed by atoms with Gasteiger partial charge >= 0.3 is 6.09 Å². The molecule has 0 radical (unpaired) electrons. The first kappa shape index (κ1) is 18.8. The molecule has 2 aromatic rings. The summed E-state index contributed by atoms with van der Waals surface area (Å²) in [5.74, 6) is 1.30. The lowest BCUT2D eigenvalue weighted by atomic mass is 10.00. The summed E-state index contributed by atoms with van der Waals surface area (Å²) < 4.78 is 25.6. The Morgan fingerprint density at radius 2 is 1.79 bits per heavy atom. The number of carbonyl (C=O) groups is 1. The minimum atomic E-state index is -0.515. The van der Waals surface area contributed by atoms with Gasteiger partial charge in [0, 0.05) is 19.2 Å². The number of carbonyl (C=O) groups excluding carboxylic acids is 1. The van der Waals surface area contributed by atoms with Crippen LogP contribution >= 0.6 is 0 Å². The van der Waals surface area contributed by atoms with Gasteiger partial charge in [-0.15, -0.1) is 0 Å². The van der Waals surface area contributed by atoms with Crippen molar-refractivity contribution in [2.24, 2.45) is 0 Å². The van der Waals surface area contributed by atoms with Crippen molar-refractivity contribution in [3.63, 3.8) is 0 Å². The van der Waals surface area contributed by atoms with Crippen LogP contribution in [0, 0.1) is 5.82 Å². The maximum absolute atomic E-state index is 14.3. The van der Waals surface area contributed by atoms with Gasteiger partial charge in [-0.2, -0.15) is 0 Å². The van der Waals surface area contributed by atoms with Crippen molar-refractivity contribution in [3.8, 4) is 11.5 Å². The lowest BCUT2D eigenvalue weighted by Crippen LogP contribution is -2.39. The largest absolute Gasteiger partial charge is 0.457 e. The molecule has 0 unspecified atom stereocenters. The fourth-order valence-electron chi connectivity index (χ4n) is 3.51. The molecule has 2 aliphatic rings. The predicted molar refractivity (Wildman–Crippen MR) is 105 cm³/mol. The number of fused-ring (bicyclic) bond motifs is 1. The molecule has 4 nitrogen and oxygen atoms in total. The molecule has 2 aromatic carbocycles. The van der Waals surface area contributed by atoms with Crippen molar-refractivity contribution in [1.29, 1.82) is 0 Å². The summed E-state index contributed by atoms with van der Waals surface area (Å²) in [6.07, 6.45) is 2.60. The van der Waals surface area contributed by atoms with E-state index in [0.717, 1.165) is 30.4 Å². The van der Waals surface area contributed by atoms with E-state index in [1.54, 1.807) is 4.90 Å². The molecule has 0 bridgehead atoms. The van der Waals surface area contributed by atoms with Crippen LogP contribution in [0.4, 0.5) is 9.18 Å². The average molecular weight is 383 g/mol. The van der Waals surface area contributed by atoms with E-state index in [2.05, 4.69) is 0 Å².